The lowest BCUT2D eigenvalue weighted by Gasteiger charge is -2.27. The van der Waals surface area contributed by atoms with Gasteiger partial charge in [0.05, 0.1) is 23.7 Å². The topological polar surface area (TPSA) is 160 Å². The molecule has 1 aliphatic rings. The van der Waals surface area contributed by atoms with E-state index in [4.69, 9.17) is 15.2 Å². The number of amides is 1. The lowest BCUT2D eigenvalue weighted by Crippen LogP contribution is -2.40. The van der Waals surface area contributed by atoms with Crippen molar-refractivity contribution in [1.29, 1.82) is 0 Å². The minimum absolute atomic E-state index is 0.0191. The van der Waals surface area contributed by atoms with E-state index in [1.54, 1.807) is 6.92 Å². The first-order valence-corrected chi connectivity index (χ1v) is 11.2. The molecule has 1 fully saturated rings. The van der Waals surface area contributed by atoms with E-state index in [2.05, 4.69) is 5.10 Å². The van der Waals surface area contributed by atoms with E-state index in [-0.39, 0.29) is 48.5 Å². The van der Waals surface area contributed by atoms with E-state index in [0.717, 1.165) is 12.1 Å². The second-order valence-electron chi connectivity index (χ2n) is 8.23. The van der Waals surface area contributed by atoms with E-state index in [1.807, 2.05) is 20.8 Å². The third-order valence-electron chi connectivity index (χ3n) is 4.87. The predicted molar refractivity (Wildman–Crippen MR) is 113 cm³/mol. The molecule has 12 nitrogen and oxygen atoms in total. The average Bonchev–Trinajstić information content (AvgIpc) is 3.05. The normalized spacial score (nSPS) is 15.5. The maximum Gasteiger partial charge on any atom is 0.271 e. The zero-order valence-corrected chi connectivity index (χ0v) is 19.0. The van der Waals surface area contributed by atoms with Gasteiger partial charge in [0.25, 0.3) is 11.6 Å². The summed E-state index contributed by atoms with van der Waals surface area (Å²) in [6.07, 6.45) is 0. The summed E-state index contributed by atoms with van der Waals surface area (Å²) in [4.78, 5) is 22.1. The summed E-state index contributed by atoms with van der Waals surface area (Å²) in [5, 5.41) is 15.6. The van der Waals surface area contributed by atoms with Crippen LogP contribution in [0.25, 0.3) is 0 Å². The Bertz CT molecular complexity index is 1160. The van der Waals surface area contributed by atoms with Crippen LogP contribution in [0.2, 0.25) is 0 Å². The molecule has 2 aromatic rings. The molecule has 1 aromatic heterocycles. The third kappa shape index (κ3) is 4.45. The molecule has 0 unspecified atom stereocenters. The molecular formula is C19H25N5O7S. The van der Waals surface area contributed by atoms with Gasteiger partial charge in [0.15, 0.2) is 5.69 Å². The maximum atomic E-state index is 13.3. The Morgan fingerprint density at radius 3 is 2.44 bits per heavy atom. The first kappa shape index (κ1) is 23.6. The Balaban J connectivity index is 2.18. The minimum Gasteiger partial charge on any atom is -0.438 e. The van der Waals surface area contributed by atoms with E-state index < -0.39 is 32.1 Å². The molecule has 1 saturated heterocycles. The Hall–Kier alpha value is -3.03. The van der Waals surface area contributed by atoms with Crippen LogP contribution in [0.4, 0.5) is 5.69 Å². The Morgan fingerprint density at radius 2 is 1.91 bits per heavy atom. The van der Waals surface area contributed by atoms with Gasteiger partial charge in [-0.2, -0.15) is 9.40 Å². The monoisotopic (exact) mass is 467 g/mol. The number of nitrogens with two attached hydrogens (primary N) is 1. The molecule has 1 amide bonds. The summed E-state index contributed by atoms with van der Waals surface area (Å²) < 4.78 is 40.4. The third-order valence-corrected chi connectivity index (χ3v) is 6.79. The van der Waals surface area contributed by atoms with E-state index in [0.29, 0.717) is 5.56 Å². The number of benzene rings is 1. The molecule has 3 rings (SSSR count). The number of hydrogen-bond acceptors (Lipinski definition) is 8. The quantitative estimate of drug-likeness (QED) is 0.497. The molecule has 1 aromatic carbocycles. The van der Waals surface area contributed by atoms with Gasteiger partial charge in [-0.25, -0.2) is 13.1 Å². The number of nitro benzene ring substituents is 1. The van der Waals surface area contributed by atoms with Gasteiger partial charge in [-0.15, -0.1) is 0 Å². The van der Waals surface area contributed by atoms with Crippen molar-refractivity contribution in [3.63, 3.8) is 0 Å². The number of primary amides is 1. The summed E-state index contributed by atoms with van der Waals surface area (Å²) in [7, 11) is -4.14. The van der Waals surface area contributed by atoms with E-state index >= 15 is 0 Å². The number of morpholine rings is 1. The van der Waals surface area contributed by atoms with Gasteiger partial charge in [-0.3, -0.25) is 14.9 Å². The Kier molecular flexibility index (Phi) is 6.26. The number of carbonyl (C=O) groups excluding carboxylic acids is 1. The number of non-ortho nitro benzene ring substituents is 1. The standard InChI is InChI=1S/C19H25N5O7S/c1-12-16(17(20)25)21-23(19(2,3)4)18(12)31-14-6-5-13(24(26)27)11-15(14)32(28,29)22-7-9-30-10-8-22/h5-6,11H,7-10H2,1-4H3,(H2,20,25). The SMILES string of the molecule is Cc1c(C(N)=O)nn(C(C)(C)C)c1Oc1ccc([N+](=O)[O-])cc1S(=O)(=O)N1CCOCC1. The van der Waals surface area contributed by atoms with Crippen LogP contribution in [0, 0.1) is 17.0 Å². The summed E-state index contributed by atoms with van der Waals surface area (Å²) in [5.41, 5.74) is 4.68. The molecule has 0 spiro atoms. The van der Waals surface area contributed by atoms with Crippen molar-refractivity contribution in [2.24, 2.45) is 5.73 Å². The van der Waals surface area contributed by atoms with Crippen molar-refractivity contribution in [2.75, 3.05) is 26.3 Å². The summed E-state index contributed by atoms with van der Waals surface area (Å²) in [6, 6.07) is 3.33. The molecular weight excluding hydrogens is 442 g/mol. The fraction of sp³-hybridized carbons (Fsp3) is 0.474. The lowest BCUT2D eigenvalue weighted by atomic mass is 10.1. The first-order valence-electron chi connectivity index (χ1n) is 9.78. The molecule has 1 aliphatic heterocycles. The van der Waals surface area contributed by atoms with Crippen molar-refractivity contribution in [3.05, 3.63) is 39.6 Å². The molecule has 2 N–H and O–H groups in total. The molecule has 32 heavy (non-hydrogen) atoms. The highest BCUT2D eigenvalue weighted by Gasteiger charge is 2.33. The highest BCUT2D eigenvalue weighted by molar-refractivity contribution is 7.89. The molecule has 0 radical (unpaired) electrons. The van der Waals surface area contributed by atoms with Crippen LogP contribution < -0.4 is 10.5 Å². The van der Waals surface area contributed by atoms with Crippen LogP contribution >= 0.6 is 0 Å². The van der Waals surface area contributed by atoms with Crippen LogP contribution in [0.5, 0.6) is 11.6 Å². The van der Waals surface area contributed by atoms with Crippen molar-refractivity contribution in [3.8, 4) is 11.6 Å². The van der Waals surface area contributed by atoms with E-state index in [9.17, 15) is 23.3 Å². The van der Waals surface area contributed by atoms with Crippen LogP contribution in [-0.2, 0) is 20.3 Å². The van der Waals surface area contributed by atoms with Crippen LogP contribution in [0.15, 0.2) is 23.1 Å². The van der Waals surface area contributed by atoms with Gasteiger partial charge in [0, 0.05) is 30.8 Å². The fourth-order valence-corrected chi connectivity index (χ4v) is 4.76. The van der Waals surface area contributed by atoms with E-state index in [1.165, 1.54) is 15.1 Å². The van der Waals surface area contributed by atoms with Gasteiger partial charge < -0.3 is 15.2 Å². The number of ether oxygens (including phenoxy) is 2. The number of nitrogens with zero attached hydrogens (tertiary/aromatic N) is 4. The molecule has 0 bridgehead atoms. The molecule has 0 aliphatic carbocycles. The first-order chi connectivity index (χ1) is 14.8. The molecule has 2 heterocycles. The number of nitro groups is 1. The number of carbonyl (C=O) groups is 1. The van der Waals surface area contributed by atoms with Crippen molar-refractivity contribution < 1.29 is 27.6 Å². The van der Waals surface area contributed by atoms with Gasteiger partial charge >= 0.3 is 0 Å². The molecule has 13 heteroatoms. The molecule has 174 valence electrons. The predicted octanol–water partition coefficient (Wildman–Crippen LogP) is 1.77. The van der Waals surface area contributed by atoms with Gasteiger partial charge in [-0.1, -0.05) is 0 Å². The highest BCUT2D eigenvalue weighted by atomic mass is 32.2. The zero-order valence-electron chi connectivity index (χ0n) is 18.2. The minimum atomic E-state index is -4.14. The van der Waals surface area contributed by atoms with Gasteiger partial charge in [0.1, 0.15) is 10.6 Å². The summed E-state index contributed by atoms with van der Waals surface area (Å²) in [6.45, 7) is 7.66. The van der Waals surface area contributed by atoms with Crippen molar-refractivity contribution in [1.82, 2.24) is 14.1 Å². The number of sulfonamides is 1. The van der Waals surface area contributed by atoms with Crippen molar-refractivity contribution in [2.45, 2.75) is 38.1 Å². The summed E-state index contributed by atoms with van der Waals surface area (Å²) in [5.74, 6) is -0.787. The Labute approximate surface area is 185 Å². The second kappa shape index (κ2) is 8.48. The largest absolute Gasteiger partial charge is 0.438 e. The highest BCUT2D eigenvalue weighted by Crippen LogP contribution is 2.37. The fourth-order valence-electron chi connectivity index (χ4n) is 3.22. The number of hydrogen-bond donors (Lipinski definition) is 1. The Morgan fingerprint density at radius 1 is 1.28 bits per heavy atom. The molecule has 0 atom stereocenters. The lowest BCUT2D eigenvalue weighted by molar-refractivity contribution is -0.385. The maximum absolute atomic E-state index is 13.3. The second-order valence-corrected chi connectivity index (χ2v) is 10.1. The van der Waals surface area contributed by atoms with Crippen LogP contribution in [0.1, 0.15) is 36.8 Å². The number of aromatic nitrogens is 2. The van der Waals surface area contributed by atoms with Crippen LogP contribution in [0.3, 0.4) is 0 Å². The summed E-state index contributed by atoms with van der Waals surface area (Å²) >= 11 is 0. The number of rotatable bonds is 6. The van der Waals surface area contributed by atoms with Crippen LogP contribution in [-0.4, -0.2) is 59.6 Å². The zero-order chi connectivity index (χ0) is 23.8. The smallest absolute Gasteiger partial charge is 0.271 e. The van der Waals surface area contributed by atoms with Gasteiger partial charge in [-0.05, 0) is 33.8 Å². The molecule has 0 saturated carbocycles. The average molecular weight is 468 g/mol. The van der Waals surface area contributed by atoms with Gasteiger partial charge in [0.2, 0.25) is 15.9 Å². The van der Waals surface area contributed by atoms with Crippen molar-refractivity contribution >= 4 is 21.6 Å².